The molecule has 2 aromatic rings. The number of benzene rings is 2. The van der Waals surface area contributed by atoms with Crippen molar-refractivity contribution in [1.82, 2.24) is 10.6 Å². The number of piperidine rings is 1. The maximum atomic E-state index is 13.7. The third kappa shape index (κ3) is 5.41. The fourth-order valence-electron chi connectivity index (χ4n) is 3.38. The summed E-state index contributed by atoms with van der Waals surface area (Å²) in [6.45, 7) is 2.15. The number of guanidine groups is 1. The highest BCUT2D eigenvalue weighted by Crippen LogP contribution is 2.20. The Bertz CT molecular complexity index is 817. The van der Waals surface area contributed by atoms with Crippen LogP contribution in [0.25, 0.3) is 0 Å². The molecular weight excluding hydrogens is 365 g/mol. The van der Waals surface area contributed by atoms with E-state index in [0.717, 1.165) is 37.7 Å². The topological polar surface area (TPSA) is 39.7 Å². The van der Waals surface area contributed by atoms with Crippen LogP contribution in [0.3, 0.4) is 0 Å². The van der Waals surface area contributed by atoms with Crippen LogP contribution in [0.2, 0.25) is 0 Å². The van der Waals surface area contributed by atoms with Gasteiger partial charge in [0.05, 0.1) is 0 Å². The molecule has 1 aliphatic heterocycles. The summed E-state index contributed by atoms with van der Waals surface area (Å²) in [4.78, 5) is 6.39. The first kappa shape index (κ1) is 20.0. The Balaban J connectivity index is 1.44. The van der Waals surface area contributed by atoms with E-state index >= 15 is 0 Å². The summed E-state index contributed by atoms with van der Waals surface area (Å²) in [7, 11) is 1.69. The minimum absolute atomic E-state index is 0.222. The number of rotatable bonds is 5. The van der Waals surface area contributed by atoms with Gasteiger partial charge in [0.2, 0.25) is 0 Å². The van der Waals surface area contributed by atoms with Crippen molar-refractivity contribution in [2.75, 3.05) is 31.6 Å². The van der Waals surface area contributed by atoms with Crippen molar-refractivity contribution >= 4 is 11.6 Å². The fourth-order valence-corrected chi connectivity index (χ4v) is 3.38. The number of hydrogen-bond donors (Lipinski definition) is 2. The van der Waals surface area contributed by atoms with E-state index in [0.29, 0.717) is 24.5 Å². The summed E-state index contributed by atoms with van der Waals surface area (Å²) in [5.41, 5.74) is 1.37. The molecule has 2 aromatic carbocycles. The van der Waals surface area contributed by atoms with Crippen LogP contribution in [0.4, 0.5) is 18.9 Å². The predicted octanol–water partition coefficient (Wildman–Crippen LogP) is 3.48. The van der Waals surface area contributed by atoms with Crippen LogP contribution < -0.4 is 15.5 Å². The van der Waals surface area contributed by atoms with Crippen LogP contribution in [0.15, 0.2) is 47.5 Å². The number of halogens is 3. The molecule has 0 radical (unpaired) electrons. The maximum absolute atomic E-state index is 13.7. The molecule has 0 spiro atoms. The van der Waals surface area contributed by atoms with Gasteiger partial charge in [0.1, 0.15) is 17.5 Å². The van der Waals surface area contributed by atoms with Gasteiger partial charge in [0.25, 0.3) is 0 Å². The van der Waals surface area contributed by atoms with Gasteiger partial charge in [-0.15, -0.1) is 0 Å². The van der Waals surface area contributed by atoms with E-state index < -0.39 is 11.6 Å². The SMILES string of the molecule is CN=C(NCCc1ccc(F)cc1F)NC1CCN(c2cccc(F)c2)CC1. The van der Waals surface area contributed by atoms with E-state index in [1.54, 1.807) is 19.2 Å². The van der Waals surface area contributed by atoms with Crippen molar-refractivity contribution < 1.29 is 13.2 Å². The lowest BCUT2D eigenvalue weighted by Crippen LogP contribution is -2.49. The Hall–Kier alpha value is -2.70. The Labute approximate surface area is 163 Å². The molecule has 1 heterocycles. The standard InChI is InChI=1S/C21H25F3N4/c1-25-21(26-10-7-15-5-6-17(23)14-20(15)24)27-18-8-11-28(12-9-18)19-4-2-3-16(22)13-19/h2-6,13-14,18H,7-12H2,1H3,(H2,25,26,27). The van der Waals surface area contributed by atoms with Crippen LogP contribution in [0.5, 0.6) is 0 Å². The van der Waals surface area contributed by atoms with Crippen LogP contribution in [0, 0.1) is 17.5 Å². The molecule has 0 saturated carbocycles. The van der Waals surface area contributed by atoms with Gasteiger partial charge in [-0.25, -0.2) is 13.2 Å². The zero-order valence-corrected chi connectivity index (χ0v) is 15.9. The second kappa shape index (κ2) is 9.48. The number of nitrogens with zero attached hydrogens (tertiary/aromatic N) is 2. The van der Waals surface area contributed by atoms with Gasteiger partial charge < -0.3 is 15.5 Å². The monoisotopic (exact) mass is 390 g/mol. The third-order valence-corrected chi connectivity index (χ3v) is 4.93. The minimum Gasteiger partial charge on any atom is -0.371 e. The Morgan fingerprint density at radius 2 is 1.82 bits per heavy atom. The summed E-state index contributed by atoms with van der Waals surface area (Å²) in [5.74, 6) is -0.669. The summed E-state index contributed by atoms with van der Waals surface area (Å²) < 4.78 is 40.0. The van der Waals surface area contributed by atoms with Gasteiger partial charge in [0.15, 0.2) is 5.96 Å². The van der Waals surface area contributed by atoms with Gasteiger partial charge in [-0.2, -0.15) is 0 Å². The number of aliphatic imine (C=N–C) groups is 1. The third-order valence-electron chi connectivity index (χ3n) is 4.93. The Morgan fingerprint density at radius 1 is 1.07 bits per heavy atom. The molecule has 0 bridgehead atoms. The number of anilines is 1. The normalized spacial score (nSPS) is 15.6. The van der Waals surface area contributed by atoms with Crippen molar-refractivity contribution in [3.8, 4) is 0 Å². The van der Waals surface area contributed by atoms with E-state index in [1.807, 2.05) is 6.07 Å². The largest absolute Gasteiger partial charge is 0.371 e. The minimum atomic E-state index is -0.573. The number of hydrogen-bond acceptors (Lipinski definition) is 2. The van der Waals surface area contributed by atoms with Crippen molar-refractivity contribution in [2.45, 2.75) is 25.3 Å². The Morgan fingerprint density at radius 3 is 2.50 bits per heavy atom. The van der Waals surface area contributed by atoms with Crippen molar-refractivity contribution in [1.29, 1.82) is 0 Å². The Kier molecular flexibility index (Phi) is 6.79. The molecule has 0 aliphatic carbocycles. The zero-order valence-electron chi connectivity index (χ0n) is 15.9. The first-order valence-corrected chi connectivity index (χ1v) is 9.47. The summed E-state index contributed by atoms with van der Waals surface area (Å²) in [5, 5.41) is 6.56. The van der Waals surface area contributed by atoms with Crippen LogP contribution in [-0.2, 0) is 6.42 Å². The average Bonchev–Trinajstić information content (AvgIpc) is 2.69. The lowest BCUT2D eigenvalue weighted by atomic mass is 10.0. The predicted molar refractivity (Wildman–Crippen MR) is 106 cm³/mol. The molecule has 1 aliphatic rings. The molecule has 0 atom stereocenters. The van der Waals surface area contributed by atoms with E-state index in [4.69, 9.17) is 0 Å². The van der Waals surface area contributed by atoms with Crippen LogP contribution in [-0.4, -0.2) is 38.7 Å². The van der Waals surface area contributed by atoms with Crippen molar-refractivity contribution in [2.24, 2.45) is 4.99 Å². The maximum Gasteiger partial charge on any atom is 0.191 e. The van der Waals surface area contributed by atoms with E-state index in [1.165, 1.54) is 18.2 Å². The first-order valence-electron chi connectivity index (χ1n) is 9.47. The molecule has 28 heavy (non-hydrogen) atoms. The molecular formula is C21H25F3N4. The molecule has 0 amide bonds. The summed E-state index contributed by atoms with van der Waals surface area (Å²) in [6.07, 6.45) is 2.25. The lowest BCUT2D eigenvalue weighted by molar-refractivity contribution is 0.461. The number of nitrogens with one attached hydrogen (secondary N) is 2. The molecule has 3 rings (SSSR count). The molecule has 7 heteroatoms. The van der Waals surface area contributed by atoms with Gasteiger partial charge >= 0.3 is 0 Å². The van der Waals surface area contributed by atoms with Crippen LogP contribution >= 0.6 is 0 Å². The highest BCUT2D eigenvalue weighted by atomic mass is 19.1. The quantitative estimate of drug-likeness (QED) is 0.607. The molecule has 0 aromatic heterocycles. The second-order valence-electron chi connectivity index (χ2n) is 6.87. The zero-order chi connectivity index (χ0) is 19.9. The average molecular weight is 390 g/mol. The highest BCUT2D eigenvalue weighted by Gasteiger charge is 2.20. The molecule has 1 saturated heterocycles. The first-order chi connectivity index (χ1) is 13.5. The van der Waals surface area contributed by atoms with Crippen molar-refractivity contribution in [3.63, 3.8) is 0 Å². The van der Waals surface area contributed by atoms with E-state index in [-0.39, 0.29) is 11.9 Å². The molecule has 150 valence electrons. The van der Waals surface area contributed by atoms with Crippen molar-refractivity contribution in [3.05, 3.63) is 65.5 Å². The second-order valence-corrected chi connectivity index (χ2v) is 6.87. The van der Waals surface area contributed by atoms with E-state index in [9.17, 15) is 13.2 Å². The van der Waals surface area contributed by atoms with Crippen LogP contribution in [0.1, 0.15) is 18.4 Å². The lowest BCUT2D eigenvalue weighted by Gasteiger charge is -2.34. The van der Waals surface area contributed by atoms with Gasteiger partial charge in [0, 0.05) is 44.5 Å². The smallest absolute Gasteiger partial charge is 0.191 e. The summed E-state index contributed by atoms with van der Waals surface area (Å²) in [6, 6.07) is 10.5. The van der Waals surface area contributed by atoms with Gasteiger partial charge in [-0.1, -0.05) is 12.1 Å². The van der Waals surface area contributed by atoms with Gasteiger partial charge in [-0.3, -0.25) is 4.99 Å². The summed E-state index contributed by atoms with van der Waals surface area (Å²) >= 11 is 0. The molecule has 0 unspecified atom stereocenters. The molecule has 4 nitrogen and oxygen atoms in total. The highest BCUT2D eigenvalue weighted by molar-refractivity contribution is 5.80. The van der Waals surface area contributed by atoms with Gasteiger partial charge in [-0.05, 0) is 49.1 Å². The fraction of sp³-hybridized carbons (Fsp3) is 0.381. The molecule has 1 fully saturated rings. The molecule has 2 N–H and O–H groups in total. The van der Waals surface area contributed by atoms with E-state index in [2.05, 4.69) is 20.5 Å².